The predicted molar refractivity (Wildman–Crippen MR) is 111 cm³/mol. The molecule has 0 unspecified atom stereocenters. The predicted octanol–water partition coefficient (Wildman–Crippen LogP) is 4.20. The largest absolute Gasteiger partial charge is 0.379 e. The highest BCUT2D eigenvalue weighted by atomic mass is 32.1. The second-order valence-corrected chi connectivity index (χ2v) is 8.48. The van der Waals surface area contributed by atoms with E-state index in [-0.39, 0.29) is 5.82 Å². The number of hydrogen-bond acceptors (Lipinski definition) is 6. The van der Waals surface area contributed by atoms with Crippen molar-refractivity contribution >= 4 is 27.4 Å². The van der Waals surface area contributed by atoms with Crippen LogP contribution in [0.1, 0.15) is 27.4 Å². The van der Waals surface area contributed by atoms with Crippen LogP contribution >= 0.6 is 11.3 Å². The lowest BCUT2D eigenvalue weighted by atomic mass is 10.1. The zero-order valence-corrected chi connectivity index (χ0v) is 17.3. The summed E-state index contributed by atoms with van der Waals surface area (Å²) in [4.78, 5) is 14.3. The Bertz CT molecular complexity index is 998. The molecule has 148 valence electrons. The number of nitrogens with one attached hydrogen (secondary N) is 1. The van der Waals surface area contributed by atoms with Gasteiger partial charge in [0, 0.05) is 24.5 Å². The van der Waals surface area contributed by atoms with E-state index in [0.717, 1.165) is 60.3 Å². The second kappa shape index (κ2) is 8.11. The molecule has 0 spiro atoms. The van der Waals surface area contributed by atoms with Gasteiger partial charge in [-0.2, -0.15) is 0 Å². The summed E-state index contributed by atoms with van der Waals surface area (Å²) in [6.07, 6.45) is 0. The molecule has 1 aromatic carbocycles. The summed E-state index contributed by atoms with van der Waals surface area (Å²) in [7, 11) is 0. The Labute approximate surface area is 168 Å². The van der Waals surface area contributed by atoms with Gasteiger partial charge in [-0.25, -0.2) is 14.4 Å². The first kappa shape index (κ1) is 19.2. The molecule has 0 atom stereocenters. The summed E-state index contributed by atoms with van der Waals surface area (Å²) in [5.74, 6) is 1.51. The average molecular weight is 401 g/mol. The normalized spacial score (nSPS) is 15.3. The van der Waals surface area contributed by atoms with Crippen molar-refractivity contribution in [1.29, 1.82) is 0 Å². The number of aromatic nitrogens is 2. The third kappa shape index (κ3) is 4.01. The van der Waals surface area contributed by atoms with Crippen molar-refractivity contribution in [3.05, 3.63) is 51.4 Å². The Morgan fingerprint density at radius 1 is 1.18 bits per heavy atom. The van der Waals surface area contributed by atoms with Gasteiger partial charge in [0.25, 0.3) is 0 Å². The van der Waals surface area contributed by atoms with Gasteiger partial charge in [0.15, 0.2) is 0 Å². The first-order valence-corrected chi connectivity index (χ1v) is 10.4. The van der Waals surface area contributed by atoms with Crippen molar-refractivity contribution < 1.29 is 9.13 Å². The highest BCUT2D eigenvalue weighted by Crippen LogP contribution is 2.33. The number of hydrogen-bond donors (Lipinski definition) is 1. The van der Waals surface area contributed by atoms with Crippen molar-refractivity contribution in [3.63, 3.8) is 0 Å². The number of benzene rings is 1. The Morgan fingerprint density at radius 2 is 1.96 bits per heavy atom. The standard InChI is InChI=1S/C21H25FN4OS/c1-13-10-16(4-5-17(13)22)11-23-20-19-14(2)15(3)28-21(19)25-18(24-20)12-26-6-8-27-9-7-26/h4-5,10H,6-9,11-12H2,1-3H3,(H,23,24,25). The first-order chi connectivity index (χ1) is 13.5. The van der Waals surface area contributed by atoms with Gasteiger partial charge in [-0.05, 0) is 43.5 Å². The van der Waals surface area contributed by atoms with Gasteiger partial charge in [-0.3, -0.25) is 4.90 Å². The van der Waals surface area contributed by atoms with Crippen LogP contribution in [-0.2, 0) is 17.8 Å². The summed E-state index contributed by atoms with van der Waals surface area (Å²) >= 11 is 1.71. The van der Waals surface area contributed by atoms with Crippen LogP contribution in [-0.4, -0.2) is 41.2 Å². The zero-order chi connectivity index (χ0) is 19.7. The molecule has 4 rings (SSSR count). The lowest BCUT2D eigenvalue weighted by Crippen LogP contribution is -2.36. The molecule has 1 aliphatic heterocycles. The van der Waals surface area contributed by atoms with Gasteiger partial charge in [0.1, 0.15) is 22.3 Å². The van der Waals surface area contributed by atoms with E-state index in [9.17, 15) is 4.39 Å². The Hall–Kier alpha value is -2.09. The topological polar surface area (TPSA) is 50.3 Å². The highest BCUT2D eigenvalue weighted by molar-refractivity contribution is 7.18. The molecule has 1 saturated heterocycles. The molecule has 0 saturated carbocycles. The Kier molecular flexibility index (Phi) is 5.57. The number of rotatable bonds is 5. The molecule has 1 aliphatic rings. The van der Waals surface area contributed by atoms with Gasteiger partial charge >= 0.3 is 0 Å². The van der Waals surface area contributed by atoms with Gasteiger partial charge < -0.3 is 10.1 Å². The number of aryl methyl sites for hydroxylation is 3. The third-order valence-electron chi connectivity index (χ3n) is 5.23. The van der Waals surface area contributed by atoms with Gasteiger partial charge in [0.05, 0.1) is 25.1 Å². The minimum Gasteiger partial charge on any atom is -0.379 e. The quantitative estimate of drug-likeness (QED) is 0.696. The molecule has 3 heterocycles. The van der Waals surface area contributed by atoms with E-state index in [1.165, 1.54) is 16.5 Å². The maximum atomic E-state index is 13.5. The fraction of sp³-hybridized carbons (Fsp3) is 0.429. The number of halogens is 1. The van der Waals surface area contributed by atoms with E-state index in [0.29, 0.717) is 12.1 Å². The van der Waals surface area contributed by atoms with Crippen molar-refractivity contribution in [2.24, 2.45) is 0 Å². The summed E-state index contributed by atoms with van der Waals surface area (Å²) in [5, 5.41) is 4.56. The van der Waals surface area contributed by atoms with Crippen LogP contribution in [0.15, 0.2) is 18.2 Å². The smallest absolute Gasteiger partial charge is 0.146 e. The monoisotopic (exact) mass is 400 g/mol. The Balaban J connectivity index is 1.63. The lowest BCUT2D eigenvalue weighted by molar-refractivity contribution is 0.0331. The average Bonchev–Trinajstić information content (AvgIpc) is 2.97. The molecule has 3 aromatic rings. The highest BCUT2D eigenvalue weighted by Gasteiger charge is 2.17. The molecule has 0 amide bonds. The number of ether oxygens (including phenoxy) is 1. The number of anilines is 1. The molecule has 0 radical (unpaired) electrons. The zero-order valence-electron chi connectivity index (χ0n) is 16.5. The van der Waals surface area contributed by atoms with E-state index in [4.69, 9.17) is 14.7 Å². The summed E-state index contributed by atoms with van der Waals surface area (Å²) < 4.78 is 19.0. The lowest BCUT2D eigenvalue weighted by Gasteiger charge is -2.25. The first-order valence-electron chi connectivity index (χ1n) is 9.57. The maximum absolute atomic E-state index is 13.5. The van der Waals surface area contributed by atoms with Crippen LogP contribution in [0.4, 0.5) is 10.2 Å². The van der Waals surface area contributed by atoms with Crippen LogP contribution in [0.2, 0.25) is 0 Å². The van der Waals surface area contributed by atoms with Gasteiger partial charge in [-0.1, -0.05) is 12.1 Å². The molecular weight excluding hydrogens is 375 g/mol. The van der Waals surface area contributed by atoms with Gasteiger partial charge in [-0.15, -0.1) is 11.3 Å². The molecule has 1 fully saturated rings. The Morgan fingerprint density at radius 3 is 2.71 bits per heavy atom. The van der Waals surface area contributed by atoms with E-state index < -0.39 is 0 Å². The number of thiophene rings is 1. The van der Waals surface area contributed by atoms with Crippen molar-refractivity contribution in [1.82, 2.24) is 14.9 Å². The van der Waals surface area contributed by atoms with Crippen molar-refractivity contribution in [3.8, 4) is 0 Å². The second-order valence-electron chi connectivity index (χ2n) is 7.28. The summed E-state index contributed by atoms with van der Waals surface area (Å²) in [6, 6.07) is 5.21. The molecule has 28 heavy (non-hydrogen) atoms. The molecule has 5 nitrogen and oxygen atoms in total. The fourth-order valence-electron chi connectivity index (χ4n) is 3.45. The molecule has 2 aromatic heterocycles. The minimum absolute atomic E-state index is 0.176. The molecular formula is C21H25FN4OS. The van der Waals surface area contributed by atoms with E-state index in [2.05, 4.69) is 24.1 Å². The number of fused-ring (bicyclic) bond motifs is 1. The van der Waals surface area contributed by atoms with Gasteiger partial charge in [0.2, 0.25) is 0 Å². The molecule has 0 aliphatic carbocycles. The van der Waals surface area contributed by atoms with E-state index in [1.807, 2.05) is 12.1 Å². The van der Waals surface area contributed by atoms with Crippen molar-refractivity contribution in [2.45, 2.75) is 33.9 Å². The van der Waals surface area contributed by atoms with Crippen LogP contribution in [0.5, 0.6) is 0 Å². The number of morpholine rings is 1. The SMILES string of the molecule is Cc1cc(CNc2nc(CN3CCOCC3)nc3sc(C)c(C)c23)ccc1F. The van der Waals surface area contributed by atoms with E-state index in [1.54, 1.807) is 18.3 Å². The number of nitrogens with zero attached hydrogens (tertiary/aromatic N) is 3. The molecule has 1 N–H and O–H groups in total. The molecule has 7 heteroatoms. The third-order valence-corrected chi connectivity index (χ3v) is 6.33. The maximum Gasteiger partial charge on any atom is 0.146 e. The molecule has 0 bridgehead atoms. The van der Waals surface area contributed by atoms with Crippen molar-refractivity contribution in [2.75, 3.05) is 31.6 Å². The summed E-state index contributed by atoms with van der Waals surface area (Å²) in [6.45, 7) is 10.7. The van der Waals surface area contributed by atoms with E-state index >= 15 is 0 Å². The van der Waals surface area contributed by atoms with Crippen LogP contribution in [0, 0.1) is 26.6 Å². The van der Waals surface area contributed by atoms with Crippen LogP contribution in [0.25, 0.3) is 10.2 Å². The summed E-state index contributed by atoms with van der Waals surface area (Å²) in [5.41, 5.74) is 2.91. The fourth-order valence-corrected chi connectivity index (χ4v) is 4.50. The minimum atomic E-state index is -0.176. The van der Waals surface area contributed by atoms with Crippen LogP contribution < -0.4 is 5.32 Å². The van der Waals surface area contributed by atoms with Crippen LogP contribution in [0.3, 0.4) is 0 Å².